The molecule has 0 saturated heterocycles. The van der Waals surface area contributed by atoms with Crippen LogP contribution in [-0.2, 0) is 16.0 Å². The highest BCUT2D eigenvalue weighted by molar-refractivity contribution is 5.99. The number of carbonyl (C=O) groups is 2. The summed E-state index contributed by atoms with van der Waals surface area (Å²) < 4.78 is 15.7. The van der Waals surface area contributed by atoms with E-state index in [4.69, 9.17) is 14.2 Å². The van der Waals surface area contributed by atoms with E-state index in [1.807, 2.05) is 24.3 Å². The molecule has 0 saturated carbocycles. The van der Waals surface area contributed by atoms with E-state index in [1.54, 1.807) is 18.2 Å². The predicted octanol–water partition coefficient (Wildman–Crippen LogP) is 3.45. The van der Waals surface area contributed by atoms with Crippen LogP contribution in [0.2, 0.25) is 0 Å². The number of hydrogen-bond donors (Lipinski definition) is 1. The SMILES string of the molecule is CCc1ccc(NC(=O)[C@H](C)OC(=O)c2c(OC)cccc2OC)cc1. The maximum Gasteiger partial charge on any atom is 0.346 e. The van der Waals surface area contributed by atoms with Crippen LogP contribution in [0.5, 0.6) is 11.5 Å². The Labute approximate surface area is 153 Å². The van der Waals surface area contributed by atoms with E-state index in [2.05, 4.69) is 12.2 Å². The van der Waals surface area contributed by atoms with Crippen LogP contribution < -0.4 is 14.8 Å². The third-order valence-electron chi connectivity index (χ3n) is 3.91. The maximum absolute atomic E-state index is 12.5. The predicted molar refractivity (Wildman–Crippen MR) is 98.9 cm³/mol. The molecule has 0 bridgehead atoms. The Bertz CT molecular complexity index is 748. The number of ether oxygens (including phenoxy) is 3. The summed E-state index contributed by atoms with van der Waals surface area (Å²) in [6, 6.07) is 12.4. The molecule has 0 aliphatic rings. The quantitative estimate of drug-likeness (QED) is 0.768. The van der Waals surface area contributed by atoms with Gasteiger partial charge in [0.2, 0.25) is 0 Å². The van der Waals surface area contributed by atoms with Gasteiger partial charge in [-0.15, -0.1) is 0 Å². The first-order valence-electron chi connectivity index (χ1n) is 8.31. The van der Waals surface area contributed by atoms with Gasteiger partial charge in [0, 0.05) is 5.69 Å². The number of benzene rings is 2. The van der Waals surface area contributed by atoms with Crippen LogP contribution in [0.25, 0.3) is 0 Å². The molecule has 6 nitrogen and oxygen atoms in total. The highest BCUT2D eigenvalue weighted by atomic mass is 16.6. The highest BCUT2D eigenvalue weighted by Gasteiger charge is 2.24. The molecule has 0 fully saturated rings. The van der Waals surface area contributed by atoms with Gasteiger partial charge in [-0.25, -0.2) is 4.79 Å². The Morgan fingerprint density at radius 3 is 2.08 bits per heavy atom. The topological polar surface area (TPSA) is 73.9 Å². The zero-order valence-electron chi connectivity index (χ0n) is 15.4. The monoisotopic (exact) mass is 357 g/mol. The number of amides is 1. The van der Waals surface area contributed by atoms with Gasteiger partial charge in [0.1, 0.15) is 17.1 Å². The standard InChI is InChI=1S/C20H23NO5/c1-5-14-9-11-15(12-10-14)21-19(22)13(2)26-20(23)18-16(24-3)7-6-8-17(18)25-4/h6-13H,5H2,1-4H3,(H,21,22)/t13-/m0/s1. The van der Waals surface area contributed by atoms with Crippen molar-refractivity contribution < 1.29 is 23.8 Å². The van der Waals surface area contributed by atoms with Crippen LogP contribution in [0.3, 0.4) is 0 Å². The van der Waals surface area contributed by atoms with Crippen molar-refractivity contribution in [3.8, 4) is 11.5 Å². The number of aryl methyl sites for hydroxylation is 1. The van der Waals surface area contributed by atoms with Crippen LogP contribution in [0.15, 0.2) is 42.5 Å². The third kappa shape index (κ3) is 4.53. The Morgan fingerprint density at radius 2 is 1.58 bits per heavy atom. The van der Waals surface area contributed by atoms with Crippen molar-refractivity contribution in [3.63, 3.8) is 0 Å². The molecule has 1 N–H and O–H groups in total. The van der Waals surface area contributed by atoms with Crippen LogP contribution >= 0.6 is 0 Å². The Balaban J connectivity index is 2.07. The van der Waals surface area contributed by atoms with E-state index in [0.717, 1.165) is 6.42 Å². The second-order valence-electron chi connectivity index (χ2n) is 5.62. The number of esters is 1. The van der Waals surface area contributed by atoms with Crippen molar-refractivity contribution in [3.05, 3.63) is 53.6 Å². The van der Waals surface area contributed by atoms with Gasteiger partial charge >= 0.3 is 5.97 Å². The summed E-state index contributed by atoms with van der Waals surface area (Å²) in [5.41, 5.74) is 1.96. The Hall–Kier alpha value is -3.02. The summed E-state index contributed by atoms with van der Waals surface area (Å²) in [5.74, 6) is -0.478. The molecule has 6 heteroatoms. The third-order valence-corrected chi connectivity index (χ3v) is 3.91. The summed E-state index contributed by atoms with van der Waals surface area (Å²) in [6.07, 6.45) is -0.0637. The molecule has 1 amide bonds. The number of rotatable bonds is 7. The summed E-state index contributed by atoms with van der Waals surface area (Å²) in [7, 11) is 2.89. The average Bonchev–Trinajstić information content (AvgIpc) is 2.67. The molecule has 0 unspecified atom stereocenters. The fourth-order valence-electron chi connectivity index (χ4n) is 2.39. The maximum atomic E-state index is 12.5. The van der Waals surface area contributed by atoms with E-state index < -0.39 is 18.0 Å². The number of carbonyl (C=O) groups excluding carboxylic acids is 2. The lowest BCUT2D eigenvalue weighted by atomic mass is 10.1. The van der Waals surface area contributed by atoms with E-state index in [0.29, 0.717) is 17.2 Å². The zero-order chi connectivity index (χ0) is 19.1. The summed E-state index contributed by atoms with van der Waals surface area (Å²) >= 11 is 0. The van der Waals surface area contributed by atoms with Gasteiger partial charge in [-0.1, -0.05) is 25.1 Å². The number of hydrogen-bond acceptors (Lipinski definition) is 5. The molecule has 2 aromatic carbocycles. The molecule has 1 atom stereocenters. The lowest BCUT2D eigenvalue weighted by Crippen LogP contribution is -2.30. The molecule has 2 rings (SSSR count). The molecule has 0 aliphatic carbocycles. The second kappa shape index (κ2) is 8.89. The molecule has 0 aromatic heterocycles. The van der Waals surface area contributed by atoms with Gasteiger partial charge < -0.3 is 19.5 Å². The zero-order valence-corrected chi connectivity index (χ0v) is 15.4. The average molecular weight is 357 g/mol. The molecule has 26 heavy (non-hydrogen) atoms. The minimum absolute atomic E-state index is 0.143. The highest BCUT2D eigenvalue weighted by Crippen LogP contribution is 2.29. The number of anilines is 1. The Morgan fingerprint density at radius 1 is 1.00 bits per heavy atom. The number of nitrogens with one attached hydrogen (secondary N) is 1. The van der Waals surface area contributed by atoms with E-state index in [1.165, 1.54) is 26.7 Å². The van der Waals surface area contributed by atoms with Crippen LogP contribution in [0.4, 0.5) is 5.69 Å². The summed E-state index contributed by atoms with van der Waals surface area (Å²) in [6.45, 7) is 3.57. The van der Waals surface area contributed by atoms with E-state index >= 15 is 0 Å². The molecular formula is C20H23NO5. The molecule has 0 spiro atoms. The van der Waals surface area contributed by atoms with Gasteiger partial charge in [-0.3, -0.25) is 4.79 Å². The second-order valence-corrected chi connectivity index (χ2v) is 5.62. The van der Waals surface area contributed by atoms with Crippen molar-refractivity contribution in [2.24, 2.45) is 0 Å². The molecule has 0 radical (unpaired) electrons. The smallest absolute Gasteiger partial charge is 0.346 e. The molecular weight excluding hydrogens is 334 g/mol. The van der Waals surface area contributed by atoms with Crippen molar-refractivity contribution in [2.75, 3.05) is 19.5 Å². The van der Waals surface area contributed by atoms with Gasteiger partial charge in [-0.05, 0) is 43.2 Å². The van der Waals surface area contributed by atoms with Crippen molar-refractivity contribution >= 4 is 17.6 Å². The van der Waals surface area contributed by atoms with Crippen molar-refractivity contribution in [1.29, 1.82) is 0 Å². The van der Waals surface area contributed by atoms with Gasteiger partial charge in [0.05, 0.1) is 14.2 Å². The first kappa shape index (κ1) is 19.3. The largest absolute Gasteiger partial charge is 0.496 e. The minimum Gasteiger partial charge on any atom is -0.496 e. The van der Waals surface area contributed by atoms with Crippen molar-refractivity contribution in [2.45, 2.75) is 26.4 Å². The van der Waals surface area contributed by atoms with Crippen LogP contribution in [0.1, 0.15) is 29.8 Å². The van der Waals surface area contributed by atoms with Gasteiger partial charge in [0.25, 0.3) is 5.91 Å². The normalized spacial score (nSPS) is 11.4. The van der Waals surface area contributed by atoms with Gasteiger partial charge in [0.15, 0.2) is 6.10 Å². The van der Waals surface area contributed by atoms with Gasteiger partial charge in [-0.2, -0.15) is 0 Å². The first-order chi connectivity index (χ1) is 12.5. The Kier molecular flexibility index (Phi) is 6.60. The molecule has 0 aliphatic heterocycles. The lowest BCUT2D eigenvalue weighted by Gasteiger charge is -2.16. The fourth-order valence-corrected chi connectivity index (χ4v) is 2.39. The summed E-state index contributed by atoms with van der Waals surface area (Å²) in [5, 5.41) is 2.73. The van der Waals surface area contributed by atoms with Crippen LogP contribution in [-0.4, -0.2) is 32.2 Å². The minimum atomic E-state index is -0.983. The lowest BCUT2D eigenvalue weighted by molar-refractivity contribution is -0.123. The van der Waals surface area contributed by atoms with E-state index in [9.17, 15) is 9.59 Å². The van der Waals surface area contributed by atoms with E-state index in [-0.39, 0.29) is 5.56 Å². The fraction of sp³-hybridized carbons (Fsp3) is 0.300. The van der Waals surface area contributed by atoms with Crippen LogP contribution in [0, 0.1) is 0 Å². The number of methoxy groups -OCH3 is 2. The first-order valence-corrected chi connectivity index (χ1v) is 8.31. The molecule has 2 aromatic rings. The molecule has 0 heterocycles. The molecule has 138 valence electrons. The summed E-state index contributed by atoms with van der Waals surface area (Å²) in [4.78, 5) is 24.8. The van der Waals surface area contributed by atoms with Crippen molar-refractivity contribution in [1.82, 2.24) is 0 Å².